The van der Waals surface area contributed by atoms with Gasteiger partial charge in [0.15, 0.2) is 5.78 Å². The van der Waals surface area contributed by atoms with Gasteiger partial charge in [0.05, 0.1) is 5.56 Å². The molecule has 0 heterocycles. The van der Waals surface area contributed by atoms with E-state index in [9.17, 15) is 23.1 Å². The van der Waals surface area contributed by atoms with E-state index in [1.807, 2.05) is 0 Å². The van der Waals surface area contributed by atoms with Crippen LogP contribution in [0.15, 0.2) is 12.1 Å². The van der Waals surface area contributed by atoms with Crippen molar-refractivity contribution in [2.75, 3.05) is 0 Å². The van der Waals surface area contributed by atoms with Crippen molar-refractivity contribution in [3.63, 3.8) is 0 Å². The molecule has 104 valence electrons. The van der Waals surface area contributed by atoms with Gasteiger partial charge in [0.1, 0.15) is 28.6 Å². The molecule has 0 aromatic heterocycles. The maximum Gasteiger partial charge on any atom is 0.188 e. The van der Waals surface area contributed by atoms with Gasteiger partial charge in [-0.25, -0.2) is 13.2 Å². The van der Waals surface area contributed by atoms with E-state index in [-0.39, 0.29) is 12.8 Å². The lowest BCUT2D eigenvalue weighted by atomic mass is 9.69. The van der Waals surface area contributed by atoms with Crippen LogP contribution in [-0.4, -0.2) is 16.5 Å². The number of rotatable bonds is 1. The van der Waals surface area contributed by atoms with Gasteiger partial charge in [0.2, 0.25) is 0 Å². The van der Waals surface area contributed by atoms with Crippen molar-refractivity contribution in [3.8, 4) is 0 Å². The number of carbonyl (C=O) groups is 1. The Kier molecular flexibility index (Phi) is 3.18. The van der Waals surface area contributed by atoms with Crippen LogP contribution < -0.4 is 5.73 Å². The Balaban J connectivity index is 2.60. The zero-order valence-electron chi connectivity index (χ0n) is 10.3. The topological polar surface area (TPSA) is 63.3 Å². The predicted molar refractivity (Wildman–Crippen MR) is 61.7 cm³/mol. The van der Waals surface area contributed by atoms with Gasteiger partial charge in [-0.05, 0) is 26.2 Å². The fourth-order valence-corrected chi connectivity index (χ4v) is 2.63. The zero-order valence-corrected chi connectivity index (χ0v) is 10.3. The van der Waals surface area contributed by atoms with Gasteiger partial charge < -0.3 is 10.8 Å². The third kappa shape index (κ3) is 2.15. The highest BCUT2D eigenvalue weighted by molar-refractivity contribution is 5.96. The van der Waals surface area contributed by atoms with Crippen molar-refractivity contribution in [2.24, 2.45) is 5.73 Å². The van der Waals surface area contributed by atoms with E-state index >= 15 is 0 Å². The normalized spacial score (nSPS) is 31.6. The van der Waals surface area contributed by atoms with E-state index in [2.05, 4.69) is 0 Å². The van der Waals surface area contributed by atoms with Crippen LogP contribution in [0.3, 0.4) is 0 Å². The van der Waals surface area contributed by atoms with Crippen LogP contribution in [0.4, 0.5) is 13.2 Å². The summed E-state index contributed by atoms with van der Waals surface area (Å²) >= 11 is 0. The first-order valence-electron chi connectivity index (χ1n) is 5.90. The molecule has 2 rings (SSSR count). The second-order valence-corrected chi connectivity index (χ2v) is 5.17. The third-order valence-electron chi connectivity index (χ3n) is 3.58. The molecule has 1 fully saturated rings. The molecule has 6 heteroatoms. The van der Waals surface area contributed by atoms with Gasteiger partial charge in [-0.2, -0.15) is 0 Å². The molecule has 1 aliphatic rings. The monoisotopic (exact) mass is 273 g/mol. The molecule has 1 aromatic rings. The molecule has 3 nitrogen and oxygen atoms in total. The lowest BCUT2D eigenvalue weighted by Crippen LogP contribution is -2.58. The Labute approximate surface area is 108 Å². The van der Waals surface area contributed by atoms with Gasteiger partial charge >= 0.3 is 0 Å². The number of benzene rings is 1. The number of ketones is 1. The highest BCUT2D eigenvalue weighted by atomic mass is 19.1. The quantitative estimate of drug-likeness (QED) is 0.819. The fraction of sp³-hybridized carbons (Fsp3) is 0.462. The summed E-state index contributed by atoms with van der Waals surface area (Å²) in [5, 5.41) is 9.93. The van der Waals surface area contributed by atoms with Crippen molar-refractivity contribution in [3.05, 3.63) is 35.1 Å². The van der Waals surface area contributed by atoms with E-state index in [0.717, 1.165) is 0 Å². The lowest BCUT2D eigenvalue weighted by Gasteiger charge is -2.40. The van der Waals surface area contributed by atoms with Crippen LogP contribution in [0.1, 0.15) is 31.7 Å². The number of carbonyl (C=O) groups excluding carboxylic acids is 1. The summed E-state index contributed by atoms with van der Waals surface area (Å²) in [4.78, 5) is 12.2. The first kappa shape index (κ1) is 14.0. The minimum absolute atomic E-state index is 0.00144. The lowest BCUT2D eigenvalue weighted by molar-refractivity contribution is -0.146. The number of hydrogen-bond donors (Lipinski definition) is 2. The van der Waals surface area contributed by atoms with Crippen molar-refractivity contribution in [1.29, 1.82) is 0 Å². The molecular weight excluding hydrogens is 259 g/mol. The summed E-state index contributed by atoms with van der Waals surface area (Å²) in [5.74, 6) is -4.37. The van der Waals surface area contributed by atoms with E-state index in [4.69, 9.17) is 5.73 Å². The van der Waals surface area contributed by atoms with Gasteiger partial charge in [-0.1, -0.05) is 0 Å². The second-order valence-electron chi connectivity index (χ2n) is 5.17. The van der Waals surface area contributed by atoms with Crippen molar-refractivity contribution in [2.45, 2.75) is 37.3 Å². The van der Waals surface area contributed by atoms with Crippen molar-refractivity contribution < 1.29 is 23.1 Å². The van der Waals surface area contributed by atoms with E-state index < -0.39 is 39.9 Å². The summed E-state index contributed by atoms with van der Waals surface area (Å²) in [6.07, 6.45) is 0.516. The summed E-state index contributed by atoms with van der Waals surface area (Å²) in [7, 11) is 0. The molecule has 0 saturated heterocycles. The number of aliphatic hydroxyl groups is 1. The highest BCUT2D eigenvalue weighted by Crippen LogP contribution is 2.39. The van der Waals surface area contributed by atoms with Crippen LogP contribution in [0, 0.1) is 17.5 Å². The summed E-state index contributed by atoms with van der Waals surface area (Å²) < 4.78 is 40.4. The fourth-order valence-electron chi connectivity index (χ4n) is 2.63. The number of nitrogens with two attached hydrogens (primary N) is 1. The van der Waals surface area contributed by atoms with Crippen molar-refractivity contribution >= 4 is 5.78 Å². The number of halogens is 3. The van der Waals surface area contributed by atoms with Crippen LogP contribution >= 0.6 is 0 Å². The molecule has 1 aliphatic carbocycles. The predicted octanol–water partition coefficient (Wildman–Crippen LogP) is 1.76. The third-order valence-corrected chi connectivity index (χ3v) is 3.58. The van der Waals surface area contributed by atoms with E-state index in [0.29, 0.717) is 18.6 Å². The van der Waals surface area contributed by atoms with Crippen molar-refractivity contribution in [1.82, 2.24) is 0 Å². The molecule has 2 atom stereocenters. The van der Waals surface area contributed by atoms with Gasteiger partial charge in [-0.3, -0.25) is 4.79 Å². The van der Waals surface area contributed by atoms with Crippen LogP contribution in [0.2, 0.25) is 0 Å². The summed E-state index contributed by atoms with van der Waals surface area (Å²) in [6.45, 7) is 1.26. The molecule has 0 aliphatic heterocycles. The van der Waals surface area contributed by atoms with Crippen LogP contribution in [-0.2, 0) is 10.3 Å². The molecule has 3 N–H and O–H groups in total. The molecule has 0 bridgehead atoms. The number of hydrogen-bond acceptors (Lipinski definition) is 3. The molecule has 0 spiro atoms. The largest absolute Gasteiger partial charge is 0.382 e. The first-order valence-corrected chi connectivity index (χ1v) is 5.90. The Morgan fingerprint density at radius 1 is 1.21 bits per heavy atom. The Morgan fingerprint density at radius 3 is 2.26 bits per heavy atom. The summed E-state index contributed by atoms with van der Waals surface area (Å²) in [5.41, 5.74) is 1.45. The molecule has 1 saturated carbocycles. The van der Waals surface area contributed by atoms with Gasteiger partial charge in [-0.15, -0.1) is 0 Å². The summed E-state index contributed by atoms with van der Waals surface area (Å²) in [6, 6.07) is 0.952. The minimum atomic E-state index is -1.97. The Bertz CT molecular complexity index is 522. The molecule has 2 unspecified atom stereocenters. The van der Waals surface area contributed by atoms with E-state index in [1.54, 1.807) is 0 Å². The highest BCUT2D eigenvalue weighted by Gasteiger charge is 2.51. The van der Waals surface area contributed by atoms with Gasteiger partial charge in [0, 0.05) is 12.1 Å². The Hall–Kier alpha value is -1.40. The first-order chi connectivity index (χ1) is 8.68. The second kappa shape index (κ2) is 4.31. The standard InChI is InChI=1S/C13H14F3NO2/c1-12(19)3-2-4-13(17,11(12)18)10-8(15)5-7(14)6-9(10)16/h5-6,19H,2-4,17H2,1H3. The molecule has 1 aromatic carbocycles. The molecular formula is C13H14F3NO2. The minimum Gasteiger partial charge on any atom is -0.382 e. The maximum atomic E-state index is 13.8. The molecule has 19 heavy (non-hydrogen) atoms. The smallest absolute Gasteiger partial charge is 0.188 e. The Morgan fingerprint density at radius 2 is 1.74 bits per heavy atom. The number of Topliss-reactive ketones (excluding diaryl/α,β-unsaturated/α-hetero) is 1. The molecule has 0 radical (unpaired) electrons. The average molecular weight is 273 g/mol. The average Bonchev–Trinajstić information content (AvgIpc) is 2.24. The van der Waals surface area contributed by atoms with Crippen LogP contribution in [0.25, 0.3) is 0 Å². The van der Waals surface area contributed by atoms with Crippen LogP contribution in [0.5, 0.6) is 0 Å². The zero-order chi connectivity index (χ0) is 14.4. The molecule has 0 amide bonds. The van der Waals surface area contributed by atoms with Gasteiger partial charge in [0.25, 0.3) is 0 Å². The van der Waals surface area contributed by atoms with E-state index in [1.165, 1.54) is 6.92 Å². The SMILES string of the molecule is CC1(O)CCCC(N)(c2c(F)cc(F)cc2F)C1=O. The maximum absolute atomic E-state index is 13.8.